The molecule has 0 fully saturated rings. The first kappa shape index (κ1) is 17.4. The molecular weight excluding hydrogens is 277 g/mol. The first-order chi connectivity index (χ1) is 9.41. The fraction of sp³-hybridized carbons (Fsp3) is 0.625. The van der Waals surface area contributed by atoms with Crippen LogP contribution in [0.3, 0.4) is 0 Å². The van der Waals surface area contributed by atoms with Gasteiger partial charge in [-0.25, -0.2) is 4.39 Å². The number of halogens is 2. The van der Waals surface area contributed by atoms with Gasteiger partial charge in [0.1, 0.15) is 5.82 Å². The molecular formula is C16H25ClFNO. The molecule has 0 aliphatic carbocycles. The Morgan fingerprint density at radius 1 is 1.40 bits per heavy atom. The van der Waals surface area contributed by atoms with Crippen molar-refractivity contribution in [1.82, 2.24) is 5.32 Å². The van der Waals surface area contributed by atoms with Gasteiger partial charge in [-0.1, -0.05) is 24.6 Å². The molecule has 0 heterocycles. The van der Waals surface area contributed by atoms with Gasteiger partial charge in [-0.2, -0.15) is 0 Å². The predicted molar refractivity (Wildman–Crippen MR) is 82.8 cm³/mol. The molecule has 0 spiro atoms. The van der Waals surface area contributed by atoms with Gasteiger partial charge in [0.15, 0.2) is 0 Å². The van der Waals surface area contributed by atoms with Gasteiger partial charge in [0.2, 0.25) is 0 Å². The van der Waals surface area contributed by atoms with Crippen molar-refractivity contribution in [2.45, 2.75) is 51.7 Å². The van der Waals surface area contributed by atoms with Crippen molar-refractivity contribution >= 4 is 11.6 Å². The summed E-state index contributed by atoms with van der Waals surface area (Å²) in [5, 5.41) is 3.86. The second kappa shape index (κ2) is 7.96. The van der Waals surface area contributed by atoms with Crippen molar-refractivity contribution in [2.24, 2.45) is 0 Å². The molecule has 4 heteroatoms. The van der Waals surface area contributed by atoms with Crippen LogP contribution in [0, 0.1) is 5.82 Å². The molecule has 0 radical (unpaired) electrons. The Bertz CT molecular complexity index is 403. The third-order valence-electron chi connectivity index (χ3n) is 3.58. The van der Waals surface area contributed by atoms with Crippen molar-refractivity contribution < 1.29 is 9.13 Å². The summed E-state index contributed by atoms with van der Waals surface area (Å²) in [6.07, 6.45) is 2.60. The van der Waals surface area contributed by atoms with E-state index in [9.17, 15) is 4.39 Å². The fourth-order valence-electron chi connectivity index (χ4n) is 2.10. The van der Waals surface area contributed by atoms with E-state index < -0.39 is 0 Å². The fourth-order valence-corrected chi connectivity index (χ4v) is 2.40. The van der Waals surface area contributed by atoms with Crippen molar-refractivity contribution in [2.75, 3.05) is 13.7 Å². The predicted octanol–water partition coefficient (Wildman–Crippen LogP) is 4.73. The smallest absolute Gasteiger partial charge is 0.129 e. The third kappa shape index (κ3) is 5.04. The van der Waals surface area contributed by atoms with Gasteiger partial charge >= 0.3 is 0 Å². The lowest BCUT2D eigenvalue weighted by atomic mass is 9.94. The normalized spacial score (nSPS) is 13.5. The summed E-state index contributed by atoms with van der Waals surface area (Å²) in [7, 11) is 1.70. The summed E-state index contributed by atoms with van der Waals surface area (Å²) in [5.41, 5.74) is 0.346. The van der Waals surface area contributed by atoms with Crippen LogP contribution in [-0.4, -0.2) is 19.3 Å². The Morgan fingerprint density at radius 3 is 2.65 bits per heavy atom. The maximum Gasteiger partial charge on any atom is 0.129 e. The average Bonchev–Trinajstić information content (AvgIpc) is 2.40. The van der Waals surface area contributed by atoms with Crippen LogP contribution >= 0.6 is 11.6 Å². The van der Waals surface area contributed by atoms with E-state index >= 15 is 0 Å². The number of hydrogen-bond acceptors (Lipinski definition) is 2. The Morgan fingerprint density at radius 2 is 2.10 bits per heavy atom. The maximum atomic E-state index is 14.1. The summed E-state index contributed by atoms with van der Waals surface area (Å²) in [5.74, 6) is -0.249. The number of benzene rings is 1. The second-order valence-electron chi connectivity index (χ2n) is 5.64. The molecule has 0 saturated carbocycles. The van der Waals surface area contributed by atoms with Crippen LogP contribution in [0.5, 0.6) is 0 Å². The van der Waals surface area contributed by atoms with Crippen LogP contribution < -0.4 is 5.32 Å². The molecule has 1 atom stereocenters. The van der Waals surface area contributed by atoms with Crippen molar-refractivity contribution in [3.63, 3.8) is 0 Å². The zero-order valence-corrected chi connectivity index (χ0v) is 13.6. The molecule has 1 aromatic rings. The van der Waals surface area contributed by atoms with Gasteiger partial charge in [0.25, 0.3) is 0 Å². The van der Waals surface area contributed by atoms with Gasteiger partial charge in [-0.15, -0.1) is 0 Å². The minimum atomic E-state index is -0.249. The van der Waals surface area contributed by atoms with Gasteiger partial charge in [0, 0.05) is 23.7 Å². The van der Waals surface area contributed by atoms with Crippen LogP contribution in [-0.2, 0) is 4.74 Å². The van der Waals surface area contributed by atoms with E-state index in [4.69, 9.17) is 16.3 Å². The molecule has 1 N–H and O–H groups in total. The minimum Gasteiger partial charge on any atom is -0.379 e. The summed E-state index contributed by atoms with van der Waals surface area (Å²) < 4.78 is 19.5. The number of rotatable bonds is 8. The molecule has 0 aromatic heterocycles. The molecule has 114 valence electrons. The molecule has 0 aliphatic rings. The number of methoxy groups -OCH3 is 1. The SMILES string of the molecule is CCCNC(CCC(C)(C)OC)c1c(F)cccc1Cl. The Balaban J connectivity index is 2.89. The molecule has 1 aromatic carbocycles. The van der Waals surface area contributed by atoms with Crippen LogP contribution in [0.2, 0.25) is 5.02 Å². The van der Waals surface area contributed by atoms with E-state index in [0.717, 1.165) is 25.8 Å². The first-order valence-corrected chi connectivity index (χ1v) is 7.51. The van der Waals surface area contributed by atoms with Gasteiger partial charge < -0.3 is 10.1 Å². The molecule has 2 nitrogen and oxygen atoms in total. The van der Waals surface area contributed by atoms with E-state index in [-0.39, 0.29) is 17.5 Å². The van der Waals surface area contributed by atoms with Crippen molar-refractivity contribution in [3.05, 3.63) is 34.6 Å². The Hall–Kier alpha value is -0.640. The highest BCUT2D eigenvalue weighted by Crippen LogP contribution is 2.31. The van der Waals surface area contributed by atoms with Crippen molar-refractivity contribution in [1.29, 1.82) is 0 Å². The summed E-state index contributed by atoms with van der Waals surface area (Å²) in [6, 6.07) is 4.75. The van der Waals surface area contributed by atoms with Gasteiger partial charge in [-0.05, 0) is 51.8 Å². The lowest BCUT2D eigenvalue weighted by molar-refractivity contribution is 0.0116. The highest BCUT2D eigenvalue weighted by Gasteiger charge is 2.23. The zero-order chi connectivity index (χ0) is 15.2. The monoisotopic (exact) mass is 301 g/mol. The first-order valence-electron chi connectivity index (χ1n) is 7.13. The lowest BCUT2D eigenvalue weighted by Gasteiger charge is -2.27. The second-order valence-corrected chi connectivity index (χ2v) is 6.05. The molecule has 0 amide bonds. The average molecular weight is 302 g/mol. The Labute approximate surface area is 126 Å². The van der Waals surface area contributed by atoms with Crippen LogP contribution in [0.4, 0.5) is 4.39 Å². The highest BCUT2D eigenvalue weighted by molar-refractivity contribution is 6.31. The largest absolute Gasteiger partial charge is 0.379 e. The van der Waals surface area contributed by atoms with E-state index in [1.54, 1.807) is 19.2 Å². The van der Waals surface area contributed by atoms with E-state index in [1.165, 1.54) is 6.07 Å². The number of hydrogen-bond donors (Lipinski definition) is 1. The van der Waals surface area contributed by atoms with Crippen molar-refractivity contribution in [3.8, 4) is 0 Å². The topological polar surface area (TPSA) is 21.3 Å². The molecule has 1 rings (SSSR count). The lowest BCUT2D eigenvalue weighted by Crippen LogP contribution is -2.28. The summed E-state index contributed by atoms with van der Waals surface area (Å²) >= 11 is 6.18. The third-order valence-corrected chi connectivity index (χ3v) is 3.91. The Kier molecular flexibility index (Phi) is 6.93. The summed E-state index contributed by atoms with van der Waals surface area (Å²) in [6.45, 7) is 6.99. The zero-order valence-electron chi connectivity index (χ0n) is 12.8. The maximum absolute atomic E-state index is 14.1. The van der Waals surface area contributed by atoms with Crippen LogP contribution in [0.15, 0.2) is 18.2 Å². The van der Waals surface area contributed by atoms with Gasteiger partial charge in [-0.3, -0.25) is 0 Å². The van der Waals surface area contributed by atoms with Crippen LogP contribution in [0.25, 0.3) is 0 Å². The van der Waals surface area contributed by atoms with E-state index in [2.05, 4.69) is 12.2 Å². The van der Waals surface area contributed by atoms with E-state index in [0.29, 0.717) is 10.6 Å². The molecule has 0 aliphatic heterocycles. The quantitative estimate of drug-likeness (QED) is 0.750. The number of ether oxygens (including phenoxy) is 1. The molecule has 0 bridgehead atoms. The molecule has 0 saturated heterocycles. The number of nitrogens with one attached hydrogen (secondary N) is 1. The highest BCUT2D eigenvalue weighted by atomic mass is 35.5. The molecule has 1 unspecified atom stereocenters. The van der Waals surface area contributed by atoms with Crippen LogP contribution in [0.1, 0.15) is 51.6 Å². The molecule has 20 heavy (non-hydrogen) atoms. The summed E-state index contributed by atoms with van der Waals surface area (Å²) in [4.78, 5) is 0. The minimum absolute atomic E-state index is 0.0851. The van der Waals surface area contributed by atoms with E-state index in [1.807, 2.05) is 13.8 Å². The standard InChI is InChI=1S/C16H25ClFNO/c1-5-11-19-14(9-10-16(2,3)20-4)15-12(17)7-6-8-13(15)18/h6-8,14,19H,5,9-11H2,1-4H3. The van der Waals surface area contributed by atoms with Gasteiger partial charge in [0.05, 0.1) is 5.60 Å².